The average molecular weight is 450 g/mol. The number of thioether (sulfide) groups is 1. The Morgan fingerprint density at radius 3 is 2.25 bits per heavy atom. The minimum absolute atomic E-state index is 0.00386. The van der Waals surface area contributed by atoms with Gasteiger partial charge in [-0.2, -0.15) is 0 Å². The lowest BCUT2D eigenvalue weighted by atomic mass is 9.86. The van der Waals surface area contributed by atoms with Crippen molar-refractivity contribution in [3.05, 3.63) is 90.0 Å². The standard InChI is InChI=1S/C27H31NO3S/c1-27(2,3)24-11-7-8-12-25(24)31-18-17-28-26(29)21-13-15-22(16-14-21)30-19-20-32-23-9-5-4-6-10-23/h4-16H,17-20H2,1-3H3,(H,28,29). The van der Waals surface area contributed by atoms with E-state index >= 15 is 0 Å². The van der Waals surface area contributed by atoms with Crippen molar-refractivity contribution in [1.29, 1.82) is 0 Å². The topological polar surface area (TPSA) is 47.6 Å². The van der Waals surface area contributed by atoms with E-state index in [2.05, 4.69) is 44.3 Å². The molecule has 3 aromatic rings. The Morgan fingerprint density at radius 1 is 0.844 bits per heavy atom. The summed E-state index contributed by atoms with van der Waals surface area (Å²) in [5.41, 5.74) is 1.76. The molecule has 1 N–H and O–H groups in total. The molecule has 0 aliphatic heterocycles. The van der Waals surface area contributed by atoms with Gasteiger partial charge in [0.2, 0.25) is 0 Å². The monoisotopic (exact) mass is 449 g/mol. The number of carbonyl (C=O) groups is 1. The zero-order valence-corrected chi connectivity index (χ0v) is 19.8. The third-order valence-electron chi connectivity index (χ3n) is 4.82. The maximum absolute atomic E-state index is 12.4. The summed E-state index contributed by atoms with van der Waals surface area (Å²) in [7, 11) is 0. The maximum atomic E-state index is 12.4. The van der Waals surface area contributed by atoms with Crippen LogP contribution in [0.15, 0.2) is 83.8 Å². The Labute approximate surface area is 195 Å². The molecule has 0 radical (unpaired) electrons. The van der Waals surface area contributed by atoms with Gasteiger partial charge in [-0.1, -0.05) is 57.2 Å². The first-order valence-corrected chi connectivity index (χ1v) is 11.8. The molecule has 168 valence electrons. The summed E-state index contributed by atoms with van der Waals surface area (Å²) in [4.78, 5) is 13.6. The fraction of sp³-hybridized carbons (Fsp3) is 0.296. The van der Waals surface area contributed by atoms with Crippen molar-refractivity contribution in [2.75, 3.05) is 25.5 Å². The first kappa shape index (κ1) is 23.7. The van der Waals surface area contributed by atoms with Crippen LogP contribution in [0.25, 0.3) is 0 Å². The van der Waals surface area contributed by atoms with Crippen LogP contribution in [0.2, 0.25) is 0 Å². The molecule has 3 aromatic carbocycles. The number of nitrogens with one attached hydrogen (secondary N) is 1. The highest BCUT2D eigenvalue weighted by Crippen LogP contribution is 2.30. The second-order valence-corrected chi connectivity index (χ2v) is 9.55. The largest absolute Gasteiger partial charge is 0.493 e. The summed E-state index contributed by atoms with van der Waals surface area (Å²) in [6.07, 6.45) is 0. The van der Waals surface area contributed by atoms with Crippen LogP contribution < -0.4 is 14.8 Å². The van der Waals surface area contributed by atoms with Crippen LogP contribution in [0.1, 0.15) is 36.7 Å². The number of hydrogen-bond acceptors (Lipinski definition) is 4. The molecule has 0 unspecified atom stereocenters. The van der Waals surface area contributed by atoms with E-state index < -0.39 is 0 Å². The number of rotatable bonds is 10. The fourth-order valence-electron chi connectivity index (χ4n) is 3.18. The zero-order chi connectivity index (χ0) is 22.8. The SMILES string of the molecule is CC(C)(C)c1ccccc1OCCNC(=O)c1ccc(OCCSc2ccccc2)cc1. The molecule has 0 atom stereocenters. The predicted octanol–water partition coefficient (Wildman–Crippen LogP) is 5.96. The van der Waals surface area contributed by atoms with Crippen LogP contribution in [0.4, 0.5) is 0 Å². The van der Waals surface area contributed by atoms with Crippen molar-refractivity contribution in [2.45, 2.75) is 31.1 Å². The quantitative estimate of drug-likeness (QED) is 0.306. The van der Waals surface area contributed by atoms with Crippen molar-refractivity contribution in [3.8, 4) is 11.5 Å². The number of carbonyl (C=O) groups excluding carboxylic acids is 1. The van der Waals surface area contributed by atoms with Gasteiger partial charge in [0.05, 0.1) is 13.2 Å². The summed E-state index contributed by atoms with van der Waals surface area (Å²) >= 11 is 1.76. The molecule has 0 heterocycles. The van der Waals surface area contributed by atoms with Gasteiger partial charge in [0, 0.05) is 16.2 Å². The molecule has 1 amide bonds. The van der Waals surface area contributed by atoms with Gasteiger partial charge < -0.3 is 14.8 Å². The van der Waals surface area contributed by atoms with Gasteiger partial charge in [0.25, 0.3) is 5.91 Å². The highest BCUT2D eigenvalue weighted by molar-refractivity contribution is 7.99. The molecule has 32 heavy (non-hydrogen) atoms. The lowest BCUT2D eigenvalue weighted by Gasteiger charge is -2.22. The molecule has 4 nitrogen and oxygen atoms in total. The van der Waals surface area contributed by atoms with E-state index in [0.717, 1.165) is 22.8 Å². The minimum Gasteiger partial charge on any atom is -0.493 e. The van der Waals surface area contributed by atoms with E-state index in [4.69, 9.17) is 9.47 Å². The summed E-state index contributed by atoms with van der Waals surface area (Å²) in [5.74, 6) is 2.37. The van der Waals surface area contributed by atoms with E-state index in [1.807, 2.05) is 48.5 Å². The number of para-hydroxylation sites is 1. The molecule has 0 aliphatic carbocycles. The third-order valence-corrected chi connectivity index (χ3v) is 5.80. The Bertz CT molecular complexity index is 982. The molecule has 0 fully saturated rings. The molecule has 0 saturated carbocycles. The Morgan fingerprint density at radius 2 is 1.53 bits per heavy atom. The molecule has 0 spiro atoms. The van der Waals surface area contributed by atoms with Gasteiger partial charge in [-0.3, -0.25) is 4.79 Å². The Kier molecular flexibility index (Phi) is 8.63. The third kappa shape index (κ3) is 7.34. The van der Waals surface area contributed by atoms with Crippen molar-refractivity contribution < 1.29 is 14.3 Å². The molecule has 0 aliphatic rings. The van der Waals surface area contributed by atoms with E-state index in [1.54, 1.807) is 23.9 Å². The van der Waals surface area contributed by atoms with Gasteiger partial charge in [-0.05, 0) is 53.4 Å². The zero-order valence-electron chi connectivity index (χ0n) is 19.0. The van der Waals surface area contributed by atoms with Gasteiger partial charge in [-0.25, -0.2) is 0 Å². The maximum Gasteiger partial charge on any atom is 0.251 e. The van der Waals surface area contributed by atoms with Gasteiger partial charge in [0.1, 0.15) is 18.1 Å². The van der Waals surface area contributed by atoms with Crippen LogP contribution in [0, 0.1) is 0 Å². The highest BCUT2D eigenvalue weighted by atomic mass is 32.2. The van der Waals surface area contributed by atoms with Crippen molar-refractivity contribution in [1.82, 2.24) is 5.32 Å². The Balaban J connectivity index is 1.38. The molecule has 0 aromatic heterocycles. The van der Waals surface area contributed by atoms with Gasteiger partial charge in [0.15, 0.2) is 0 Å². The molecule has 0 bridgehead atoms. The summed E-state index contributed by atoms with van der Waals surface area (Å²) in [5, 5.41) is 2.91. The molecule has 5 heteroatoms. The summed E-state index contributed by atoms with van der Waals surface area (Å²) in [6, 6.07) is 25.5. The van der Waals surface area contributed by atoms with E-state index in [9.17, 15) is 4.79 Å². The van der Waals surface area contributed by atoms with Crippen molar-refractivity contribution in [2.24, 2.45) is 0 Å². The van der Waals surface area contributed by atoms with E-state index in [-0.39, 0.29) is 11.3 Å². The second-order valence-electron chi connectivity index (χ2n) is 8.38. The van der Waals surface area contributed by atoms with Crippen LogP contribution in [-0.2, 0) is 5.41 Å². The normalized spacial score (nSPS) is 11.1. The predicted molar refractivity (Wildman–Crippen MR) is 132 cm³/mol. The van der Waals surface area contributed by atoms with Crippen molar-refractivity contribution >= 4 is 17.7 Å². The Hall–Kier alpha value is -2.92. The summed E-state index contributed by atoms with van der Waals surface area (Å²) < 4.78 is 11.7. The van der Waals surface area contributed by atoms with Crippen molar-refractivity contribution in [3.63, 3.8) is 0 Å². The fourth-order valence-corrected chi connectivity index (χ4v) is 3.93. The van der Waals surface area contributed by atoms with Gasteiger partial charge >= 0.3 is 0 Å². The number of amides is 1. The van der Waals surface area contributed by atoms with Crippen LogP contribution in [-0.4, -0.2) is 31.4 Å². The number of benzene rings is 3. The smallest absolute Gasteiger partial charge is 0.251 e. The summed E-state index contributed by atoms with van der Waals surface area (Å²) in [6.45, 7) is 7.94. The second kappa shape index (κ2) is 11.6. The molecule has 0 saturated heterocycles. The highest BCUT2D eigenvalue weighted by Gasteiger charge is 2.18. The van der Waals surface area contributed by atoms with E-state index in [0.29, 0.717) is 25.3 Å². The number of hydrogen-bond donors (Lipinski definition) is 1. The first-order valence-electron chi connectivity index (χ1n) is 10.8. The average Bonchev–Trinajstić information content (AvgIpc) is 2.80. The molecule has 3 rings (SSSR count). The molecular formula is C27H31NO3S. The lowest BCUT2D eigenvalue weighted by molar-refractivity contribution is 0.0946. The van der Waals surface area contributed by atoms with E-state index in [1.165, 1.54) is 4.90 Å². The number of ether oxygens (including phenoxy) is 2. The molecular weight excluding hydrogens is 418 g/mol. The first-order chi connectivity index (χ1) is 15.4. The van der Waals surface area contributed by atoms with Crippen LogP contribution in [0.3, 0.4) is 0 Å². The van der Waals surface area contributed by atoms with Crippen LogP contribution >= 0.6 is 11.8 Å². The van der Waals surface area contributed by atoms with Crippen LogP contribution in [0.5, 0.6) is 11.5 Å². The lowest BCUT2D eigenvalue weighted by Crippen LogP contribution is -2.28. The minimum atomic E-state index is -0.121. The van der Waals surface area contributed by atoms with Gasteiger partial charge in [-0.15, -0.1) is 11.8 Å².